The van der Waals surface area contributed by atoms with E-state index in [2.05, 4.69) is 88.8 Å². The minimum absolute atomic E-state index is 0.126. The molecule has 1 nitrogen and oxygen atoms in total. The summed E-state index contributed by atoms with van der Waals surface area (Å²) in [7, 11) is 1.87. The Hall–Kier alpha value is -2.80. The molecule has 0 aliphatic heterocycles. The number of nitrogens with one attached hydrogen (secondary N) is 1. The highest BCUT2D eigenvalue weighted by Crippen LogP contribution is 2.29. The zero-order valence-electron chi connectivity index (χ0n) is 18.2. The third-order valence-electron chi connectivity index (χ3n) is 5.07. The van der Waals surface area contributed by atoms with Crippen molar-refractivity contribution >= 4 is 11.1 Å². The first-order chi connectivity index (χ1) is 13.3. The highest BCUT2D eigenvalue weighted by molar-refractivity contribution is 5.79. The van der Waals surface area contributed by atoms with Crippen molar-refractivity contribution in [3.05, 3.63) is 108 Å². The number of allylic oxidation sites excluding steroid dienone is 9. The van der Waals surface area contributed by atoms with Gasteiger partial charge < -0.3 is 5.32 Å². The average molecular weight is 374 g/mol. The maximum Gasteiger partial charge on any atom is 0.0338 e. The van der Waals surface area contributed by atoms with E-state index >= 15 is 0 Å². The molecule has 0 heterocycles. The molecule has 0 radical (unpaired) electrons. The van der Waals surface area contributed by atoms with E-state index in [0.29, 0.717) is 0 Å². The van der Waals surface area contributed by atoms with Gasteiger partial charge in [0.15, 0.2) is 0 Å². The summed E-state index contributed by atoms with van der Waals surface area (Å²) in [4.78, 5) is 0. The summed E-state index contributed by atoms with van der Waals surface area (Å²) in [5.74, 6) is 0.126. The van der Waals surface area contributed by atoms with E-state index in [1.54, 1.807) is 0 Å². The first-order valence-electron chi connectivity index (χ1n) is 9.80. The van der Waals surface area contributed by atoms with Crippen LogP contribution in [0.4, 0.5) is 0 Å². The van der Waals surface area contributed by atoms with Crippen LogP contribution in [0.5, 0.6) is 0 Å². The second-order valence-corrected chi connectivity index (χ2v) is 6.92. The van der Waals surface area contributed by atoms with Gasteiger partial charge in [0, 0.05) is 18.7 Å². The molecule has 0 aliphatic rings. The second-order valence-electron chi connectivity index (χ2n) is 6.92. The molecule has 0 amide bonds. The minimum atomic E-state index is 0.126. The molecular formula is C27H35N. The van der Waals surface area contributed by atoms with E-state index in [9.17, 15) is 0 Å². The van der Waals surface area contributed by atoms with E-state index < -0.39 is 0 Å². The van der Waals surface area contributed by atoms with Crippen molar-refractivity contribution in [3.8, 4) is 0 Å². The van der Waals surface area contributed by atoms with E-state index in [-0.39, 0.29) is 5.92 Å². The summed E-state index contributed by atoms with van der Waals surface area (Å²) < 4.78 is 0. The summed E-state index contributed by atoms with van der Waals surface area (Å²) >= 11 is 0. The van der Waals surface area contributed by atoms with Crippen LogP contribution in [-0.4, -0.2) is 7.05 Å². The molecule has 0 aliphatic carbocycles. The van der Waals surface area contributed by atoms with Gasteiger partial charge in [-0.15, -0.1) is 6.58 Å². The molecule has 1 N–H and O–H groups in total. The Morgan fingerprint density at radius 2 is 1.89 bits per heavy atom. The molecule has 28 heavy (non-hydrogen) atoms. The predicted octanol–water partition coefficient (Wildman–Crippen LogP) is 7.42. The van der Waals surface area contributed by atoms with Gasteiger partial charge in [0.05, 0.1) is 0 Å². The first kappa shape index (κ1) is 23.2. The molecule has 1 rings (SSSR count). The smallest absolute Gasteiger partial charge is 0.0338 e. The van der Waals surface area contributed by atoms with Gasteiger partial charge in [0.1, 0.15) is 0 Å². The van der Waals surface area contributed by atoms with E-state index in [0.717, 1.165) is 28.8 Å². The Labute approximate surface area is 172 Å². The van der Waals surface area contributed by atoms with E-state index in [4.69, 9.17) is 0 Å². The summed E-state index contributed by atoms with van der Waals surface area (Å²) in [6.45, 7) is 24.7. The van der Waals surface area contributed by atoms with Crippen molar-refractivity contribution in [1.82, 2.24) is 5.32 Å². The van der Waals surface area contributed by atoms with Crippen molar-refractivity contribution in [2.24, 2.45) is 5.92 Å². The molecule has 1 aromatic rings. The fraction of sp³-hybridized carbons (Fsp3) is 0.259. The minimum Gasteiger partial charge on any atom is -0.388 e. The number of rotatable bonds is 10. The van der Waals surface area contributed by atoms with Crippen molar-refractivity contribution in [2.45, 2.75) is 34.1 Å². The van der Waals surface area contributed by atoms with Crippen LogP contribution < -0.4 is 5.32 Å². The summed E-state index contributed by atoms with van der Waals surface area (Å²) in [5.41, 5.74) is 8.98. The third-order valence-corrected chi connectivity index (χ3v) is 5.07. The fourth-order valence-electron chi connectivity index (χ4n) is 3.09. The Kier molecular flexibility index (Phi) is 9.24. The van der Waals surface area contributed by atoms with Crippen molar-refractivity contribution in [2.75, 3.05) is 7.05 Å². The van der Waals surface area contributed by atoms with Crippen molar-refractivity contribution in [3.63, 3.8) is 0 Å². The van der Waals surface area contributed by atoms with E-state index in [1.807, 2.05) is 26.1 Å². The Morgan fingerprint density at radius 3 is 2.36 bits per heavy atom. The quantitative estimate of drug-likeness (QED) is 0.332. The molecule has 0 spiro atoms. The van der Waals surface area contributed by atoms with Gasteiger partial charge in [0.2, 0.25) is 0 Å². The van der Waals surface area contributed by atoms with Crippen molar-refractivity contribution < 1.29 is 0 Å². The Bertz CT molecular complexity index is 843. The fourth-order valence-corrected chi connectivity index (χ4v) is 3.09. The Balaban J connectivity index is 3.35. The second kappa shape index (κ2) is 11.1. The lowest BCUT2D eigenvalue weighted by Crippen LogP contribution is -2.06. The van der Waals surface area contributed by atoms with Gasteiger partial charge in [-0.2, -0.15) is 0 Å². The lowest BCUT2D eigenvalue weighted by Gasteiger charge is -2.16. The monoisotopic (exact) mass is 373 g/mol. The van der Waals surface area contributed by atoms with Crippen LogP contribution in [0, 0.1) is 12.8 Å². The van der Waals surface area contributed by atoms with Crippen LogP contribution in [0.25, 0.3) is 11.1 Å². The van der Waals surface area contributed by atoms with E-state index in [1.165, 1.54) is 22.3 Å². The SMILES string of the molecule is C=C/C(=C\C(C)=C/C)C(C=C)/C=C(\CC)c1ccc(C(=C)C(=C)NC)c(C)c1. The zero-order chi connectivity index (χ0) is 21.3. The normalized spacial score (nSPS) is 13.7. The first-order valence-corrected chi connectivity index (χ1v) is 9.80. The highest BCUT2D eigenvalue weighted by atomic mass is 14.8. The lowest BCUT2D eigenvalue weighted by molar-refractivity contribution is 0.998. The maximum absolute atomic E-state index is 4.17. The van der Waals surface area contributed by atoms with Gasteiger partial charge in [-0.1, -0.05) is 80.8 Å². The molecule has 0 saturated heterocycles. The lowest BCUT2D eigenvalue weighted by atomic mass is 9.89. The largest absolute Gasteiger partial charge is 0.388 e. The molecule has 1 heteroatoms. The number of hydrogen-bond acceptors (Lipinski definition) is 1. The summed E-state index contributed by atoms with van der Waals surface area (Å²) in [6, 6.07) is 6.53. The number of benzene rings is 1. The molecule has 1 aromatic carbocycles. The third kappa shape index (κ3) is 5.85. The molecule has 0 bridgehead atoms. The molecule has 1 unspecified atom stereocenters. The van der Waals surface area contributed by atoms with Gasteiger partial charge in [-0.25, -0.2) is 0 Å². The van der Waals surface area contributed by atoms with Crippen LogP contribution >= 0.6 is 0 Å². The molecule has 0 saturated carbocycles. The molecule has 0 fully saturated rings. The van der Waals surface area contributed by atoms with Gasteiger partial charge >= 0.3 is 0 Å². The molecule has 0 aromatic heterocycles. The van der Waals surface area contributed by atoms with Crippen LogP contribution in [-0.2, 0) is 0 Å². The van der Waals surface area contributed by atoms with Crippen molar-refractivity contribution in [1.29, 1.82) is 0 Å². The zero-order valence-corrected chi connectivity index (χ0v) is 18.2. The average Bonchev–Trinajstić information content (AvgIpc) is 2.71. The topological polar surface area (TPSA) is 12.0 Å². The summed E-state index contributed by atoms with van der Waals surface area (Å²) in [5, 5.41) is 3.08. The molecule has 148 valence electrons. The maximum atomic E-state index is 4.17. The van der Waals surface area contributed by atoms with Gasteiger partial charge in [-0.3, -0.25) is 0 Å². The number of aryl methyl sites for hydroxylation is 1. The van der Waals surface area contributed by atoms with Crippen LogP contribution in [0.3, 0.4) is 0 Å². The Morgan fingerprint density at radius 1 is 1.21 bits per heavy atom. The predicted molar refractivity (Wildman–Crippen MR) is 128 cm³/mol. The summed E-state index contributed by atoms with van der Waals surface area (Å²) in [6.07, 6.45) is 11.4. The molecule has 1 atom stereocenters. The van der Waals surface area contributed by atoms with Crippen LogP contribution in [0.1, 0.15) is 43.9 Å². The van der Waals surface area contributed by atoms with Gasteiger partial charge in [-0.05, 0) is 60.6 Å². The standard InChI is InChI=1S/C27H35N/c1-10-19(5)16-23(11-2)24(12-3)18-25(13-4)26-14-15-27(20(6)17-26)21(7)22(8)28-9/h10-12,14-18,24,28H,2-3,7-8,13H2,1,4-6,9H3/b19-10-,23-16+,25-18+. The van der Waals surface area contributed by atoms with Crippen LogP contribution in [0.15, 0.2) is 91.7 Å². The van der Waals surface area contributed by atoms with Crippen LogP contribution in [0.2, 0.25) is 0 Å². The number of likely N-dealkylation sites (N-methyl/N-ethyl adjacent to an activating group) is 1. The number of hydrogen-bond donors (Lipinski definition) is 1. The van der Waals surface area contributed by atoms with Gasteiger partial charge in [0.25, 0.3) is 0 Å². The molecular weight excluding hydrogens is 338 g/mol. The highest BCUT2D eigenvalue weighted by Gasteiger charge is 2.11.